The molecule has 0 fully saturated rings. The summed E-state index contributed by atoms with van der Waals surface area (Å²) in [6, 6.07) is 0. The zero-order chi connectivity index (χ0) is 8.48. The molecule has 0 aromatic heterocycles. The van der Waals surface area contributed by atoms with Gasteiger partial charge in [0.2, 0.25) is 0 Å². The van der Waals surface area contributed by atoms with Crippen molar-refractivity contribution in [3.05, 3.63) is 23.9 Å². The Kier molecular flexibility index (Phi) is 2.04. The van der Waals surface area contributed by atoms with E-state index in [1.54, 1.807) is 25.3 Å². The molecule has 0 aromatic rings. The van der Waals surface area contributed by atoms with Gasteiger partial charge in [0.1, 0.15) is 5.56 Å². The summed E-state index contributed by atoms with van der Waals surface area (Å²) in [6.07, 6.45) is 5.06. The minimum absolute atomic E-state index is 0.690. The Labute approximate surface area is 65.5 Å². The molecule has 4 nitrogen and oxygen atoms in total. The second-order valence-electron chi connectivity index (χ2n) is 2.60. The highest BCUT2D eigenvalue weighted by Gasteiger charge is 2.39. The van der Waals surface area contributed by atoms with Crippen LogP contribution in [0.15, 0.2) is 23.9 Å². The number of hydrogen-bond acceptors (Lipinski definition) is 4. The van der Waals surface area contributed by atoms with Gasteiger partial charge in [0, 0.05) is 0 Å². The van der Waals surface area contributed by atoms with Gasteiger partial charge in [-0.05, 0) is 24.8 Å². The van der Waals surface area contributed by atoms with Crippen molar-refractivity contribution < 1.29 is 10.0 Å². The van der Waals surface area contributed by atoms with Crippen molar-refractivity contribution in [2.75, 3.05) is 0 Å². The molecule has 0 bridgehead atoms. The van der Waals surface area contributed by atoms with Gasteiger partial charge in [-0.25, -0.2) is 0 Å². The molecular formula is C6H11BN2O2. The van der Waals surface area contributed by atoms with E-state index in [9.17, 15) is 0 Å². The molecule has 1 unspecified atom stereocenters. The second-order valence-corrected chi connectivity index (χ2v) is 2.60. The fraction of sp³-hybridized carbons (Fsp3) is 0.333. The Balaban J connectivity index is 2.88. The molecule has 0 saturated heterocycles. The number of hydrogen-bond donors (Lipinski definition) is 4. The lowest BCUT2D eigenvalue weighted by molar-refractivity contribution is 0.343. The van der Waals surface area contributed by atoms with Crippen molar-refractivity contribution >= 4 is 7.12 Å². The monoisotopic (exact) mass is 154 g/mol. The molecule has 5 N–H and O–H groups in total. The summed E-state index contributed by atoms with van der Waals surface area (Å²) in [5.74, 6) is 0. The lowest BCUT2D eigenvalue weighted by Crippen LogP contribution is -2.64. The van der Waals surface area contributed by atoms with Crippen LogP contribution in [0.3, 0.4) is 0 Å². The van der Waals surface area contributed by atoms with E-state index < -0.39 is 12.7 Å². The zero-order valence-corrected chi connectivity index (χ0v) is 6.28. The molecule has 0 spiro atoms. The molecular weight excluding hydrogens is 143 g/mol. The highest BCUT2D eigenvalue weighted by molar-refractivity contribution is 6.46. The third-order valence-electron chi connectivity index (χ3n) is 1.82. The highest BCUT2D eigenvalue weighted by Crippen LogP contribution is 2.14. The molecule has 0 aromatic carbocycles. The number of nitrogens with two attached hydrogens (primary N) is 1. The van der Waals surface area contributed by atoms with Crippen LogP contribution in [0, 0.1) is 0 Å². The molecule has 0 saturated carbocycles. The highest BCUT2D eigenvalue weighted by atomic mass is 16.4. The number of rotatable bonds is 1. The fourth-order valence-electron chi connectivity index (χ4n) is 0.908. The lowest BCUT2D eigenvalue weighted by Gasteiger charge is -2.31. The minimum atomic E-state index is -1.59. The van der Waals surface area contributed by atoms with E-state index in [-0.39, 0.29) is 0 Å². The zero-order valence-electron chi connectivity index (χ0n) is 6.28. The summed E-state index contributed by atoms with van der Waals surface area (Å²) in [6.45, 7) is 1.73. The first-order valence-corrected chi connectivity index (χ1v) is 3.34. The summed E-state index contributed by atoms with van der Waals surface area (Å²) >= 11 is 0. The van der Waals surface area contributed by atoms with Crippen molar-refractivity contribution in [2.45, 2.75) is 12.5 Å². The third kappa shape index (κ3) is 1.30. The first-order chi connectivity index (χ1) is 5.07. The number of nitrogens with one attached hydrogen (secondary N) is 1. The third-order valence-corrected chi connectivity index (χ3v) is 1.82. The molecule has 1 rings (SSSR count). The molecule has 1 aliphatic heterocycles. The molecule has 60 valence electrons. The van der Waals surface area contributed by atoms with E-state index >= 15 is 0 Å². The van der Waals surface area contributed by atoms with Crippen LogP contribution in [0.4, 0.5) is 0 Å². The van der Waals surface area contributed by atoms with Crippen molar-refractivity contribution in [2.24, 2.45) is 5.73 Å². The van der Waals surface area contributed by atoms with Gasteiger partial charge in [0.25, 0.3) is 0 Å². The van der Waals surface area contributed by atoms with Gasteiger partial charge in [-0.2, -0.15) is 0 Å². The topological polar surface area (TPSA) is 78.5 Å². The molecule has 1 heterocycles. The summed E-state index contributed by atoms with van der Waals surface area (Å²) in [4.78, 5) is 0. The van der Waals surface area contributed by atoms with E-state index in [4.69, 9.17) is 15.8 Å². The van der Waals surface area contributed by atoms with E-state index in [2.05, 4.69) is 5.32 Å². The van der Waals surface area contributed by atoms with Gasteiger partial charge in [-0.15, -0.1) is 0 Å². The van der Waals surface area contributed by atoms with E-state index in [1.165, 1.54) is 0 Å². The minimum Gasteiger partial charge on any atom is -0.424 e. The predicted octanol–water partition coefficient (Wildman–Crippen LogP) is -1.28. The molecule has 11 heavy (non-hydrogen) atoms. The van der Waals surface area contributed by atoms with Crippen LogP contribution in [-0.2, 0) is 0 Å². The van der Waals surface area contributed by atoms with Gasteiger partial charge >= 0.3 is 7.12 Å². The van der Waals surface area contributed by atoms with Crippen molar-refractivity contribution in [3.8, 4) is 0 Å². The second kappa shape index (κ2) is 2.69. The Morgan fingerprint density at radius 2 is 2.27 bits per heavy atom. The van der Waals surface area contributed by atoms with E-state index in [0.717, 1.165) is 0 Å². The maximum absolute atomic E-state index is 8.90. The van der Waals surface area contributed by atoms with Crippen LogP contribution in [0.2, 0.25) is 0 Å². The average Bonchev–Trinajstić information content (AvgIpc) is 1.95. The van der Waals surface area contributed by atoms with Crippen LogP contribution < -0.4 is 11.1 Å². The standard InChI is InChI=1S/C6H11BN2O2/c1-5-3-2-4-9-6(5,8)7(10)11/h2-4,9-11H,8H2,1H3. The number of allylic oxidation sites excluding steroid dienone is 2. The molecule has 5 heteroatoms. The van der Waals surface area contributed by atoms with Crippen LogP contribution in [0.5, 0.6) is 0 Å². The quantitative estimate of drug-likeness (QED) is 0.354. The number of dihydropyridines is 1. The molecule has 1 atom stereocenters. The van der Waals surface area contributed by atoms with Crippen molar-refractivity contribution in [1.82, 2.24) is 5.32 Å². The largest absolute Gasteiger partial charge is 0.499 e. The Morgan fingerprint density at radius 1 is 1.64 bits per heavy atom. The lowest BCUT2D eigenvalue weighted by atomic mass is 9.68. The van der Waals surface area contributed by atoms with E-state index in [1.807, 2.05) is 0 Å². The average molecular weight is 154 g/mol. The van der Waals surface area contributed by atoms with Gasteiger partial charge in [0.05, 0.1) is 0 Å². The van der Waals surface area contributed by atoms with Crippen LogP contribution in [0.1, 0.15) is 6.92 Å². The predicted molar refractivity (Wildman–Crippen MR) is 43.1 cm³/mol. The normalized spacial score (nSPS) is 29.3. The van der Waals surface area contributed by atoms with Crippen LogP contribution in [0.25, 0.3) is 0 Å². The molecule has 0 amide bonds. The Morgan fingerprint density at radius 3 is 2.64 bits per heavy atom. The van der Waals surface area contributed by atoms with E-state index in [0.29, 0.717) is 5.57 Å². The maximum atomic E-state index is 8.90. The van der Waals surface area contributed by atoms with Gasteiger partial charge in [-0.3, -0.25) is 0 Å². The Bertz CT molecular complexity index is 215. The SMILES string of the molecule is CC1=CC=CNC1(N)B(O)O. The van der Waals surface area contributed by atoms with Crippen molar-refractivity contribution in [1.29, 1.82) is 0 Å². The first-order valence-electron chi connectivity index (χ1n) is 3.34. The van der Waals surface area contributed by atoms with Gasteiger partial charge in [-0.1, -0.05) is 6.08 Å². The van der Waals surface area contributed by atoms with Crippen LogP contribution in [-0.4, -0.2) is 22.7 Å². The van der Waals surface area contributed by atoms with Crippen LogP contribution >= 0.6 is 0 Å². The smallest absolute Gasteiger partial charge is 0.424 e. The summed E-state index contributed by atoms with van der Waals surface area (Å²) in [5.41, 5.74) is 5.08. The Hall–Kier alpha value is -0.775. The van der Waals surface area contributed by atoms with Gasteiger partial charge in [0.15, 0.2) is 0 Å². The van der Waals surface area contributed by atoms with Crippen molar-refractivity contribution in [3.63, 3.8) is 0 Å². The molecule has 0 aliphatic carbocycles. The fourth-order valence-corrected chi connectivity index (χ4v) is 0.908. The summed E-state index contributed by atoms with van der Waals surface area (Å²) in [5, 5.41) is 20.5. The first kappa shape index (κ1) is 8.32. The molecule has 0 radical (unpaired) electrons. The summed E-state index contributed by atoms with van der Waals surface area (Å²) < 4.78 is 0. The summed E-state index contributed by atoms with van der Waals surface area (Å²) in [7, 11) is -1.59. The molecule has 1 aliphatic rings. The maximum Gasteiger partial charge on any atom is 0.499 e. The van der Waals surface area contributed by atoms with Gasteiger partial charge < -0.3 is 21.1 Å².